The molecule has 0 saturated heterocycles. The highest BCUT2D eigenvalue weighted by atomic mass is 16.5. The van der Waals surface area contributed by atoms with Gasteiger partial charge >= 0.3 is 5.97 Å². The van der Waals surface area contributed by atoms with Crippen LogP contribution in [0.2, 0.25) is 0 Å². The molecule has 0 aliphatic rings. The van der Waals surface area contributed by atoms with Crippen molar-refractivity contribution < 1.29 is 19.7 Å². The Morgan fingerprint density at radius 2 is 2.19 bits per heavy atom. The molecule has 0 unspecified atom stereocenters. The zero-order valence-corrected chi connectivity index (χ0v) is 8.34. The Bertz CT molecular complexity index is 568. The summed E-state index contributed by atoms with van der Waals surface area (Å²) in [5.74, 6) is -1.84. The molecule has 0 aliphatic heterocycles. The van der Waals surface area contributed by atoms with Gasteiger partial charge < -0.3 is 14.9 Å². The van der Waals surface area contributed by atoms with Crippen molar-refractivity contribution in [1.82, 2.24) is 9.97 Å². The average Bonchev–Trinajstić information content (AvgIpc) is 2.28. The monoisotopic (exact) mass is 220 g/mol. The SMILES string of the molecule is COC(=O)c1c(O)nc2ncccc2c1O. The molecule has 0 fully saturated rings. The summed E-state index contributed by atoms with van der Waals surface area (Å²) in [5.41, 5.74) is -0.201. The molecule has 0 bridgehead atoms. The lowest BCUT2D eigenvalue weighted by Crippen LogP contribution is -2.04. The summed E-state index contributed by atoms with van der Waals surface area (Å²) in [7, 11) is 1.15. The first-order chi connectivity index (χ1) is 7.65. The minimum absolute atomic E-state index is 0.158. The fourth-order valence-electron chi connectivity index (χ4n) is 1.36. The average molecular weight is 220 g/mol. The Kier molecular flexibility index (Phi) is 2.32. The summed E-state index contributed by atoms with van der Waals surface area (Å²) in [4.78, 5) is 18.8. The smallest absolute Gasteiger partial charge is 0.347 e. The Morgan fingerprint density at radius 1 is 1.44 bits per heavy atom. The van der Waals surface area contributed by atoms with Gasteiger partial charge in [0.25, 0.3) is 0 Å². The second-order valence-corrected chi connectivity index (χ2v) is 3.03. The molecule has 0 amide bonds. The summed E-state index contributed by atoms with van der Waals surface area (Å²) in [6.07, 6.45) is 1.46. The molecular formula is C10H8N2O4. The first-order valence-corrected chi connectivity index (χ1v) is 4.40. The fourth-order valence-corrected chi connectivity index (χ4v) is 1.36. The van der Waals surface area contributed by atoms with Crippen molar-refractivity contribution in [3.05, 3.63) is 23.9 Å². The number of ether oxygens (including phenoxy) is 1. The Morgan fingerprint density at radius 3 is 2.88 bits per heavy atom. The van der Waals surface area contributed by atoms with E-state index in [-0.39, 0.29) is 22.3 Å². The van der Waals surface area contributed by atoms with Gasteiger partial charge in [0, 0.05) is 6.20 Å². The normalized spacial score (nSPS) is 10.3. The van der Waals surface area contributed by atoms with E-state index in [0.29, 0.717) is 0 Å². The lowest BCUT2D eigenvalue weighted by Gasteiger charge is -2.06. The third-order valence-corrected chi connectivity index (χ3v) is 2.10. The Labute approximate surface area is 90.1 Å². The second kappa shape index (κ2) is 3.65. The van der Waals surface area contributed by atoms with Gasteiger partial charge in [0.15, 0.2) is 11.2 Å². The van der Waals surface area contributed by atoms with E-state index in [9.17, 15) is 15.0 Å². The maximum atomic E-state index is 11.3. The van der Waals surface area contributed by atoms with Crippen LogP contribution >= 0.6 is 0 Å². The highest BCUT2D eigenvalue weighted by Gasteiger charge is 2.21. The van der Waals surface area contributed by atoms with Gasteiger partial charge in [-0.1, -0.05) is 0 Å². The number of esters is 1. The van der Waals surface area contributed by atoms with Gasteiger partial charge in [0.05, 0.1) is 12.5 Å². The maximum Gasteiger partial charge on any atom is 0.347 e. The number of fused-ring (bicyclic) bond motifs is 1. The van der Waals surface area contributed by atoms with Crippen LogP contribution in [-0.2, 0) is 4.74 Å². The lowest BCUT2D eigenvalue weighted by molar-refractivity contribution is 0.0593. The van der Waals surface area contributed by atoms with Gasteiger partial charge in [0.1, 0.15) is 5.75 Å². The molecule has 0 saturated carbocycles. The van der Waals surface area contributed by atoms with Gasteiger partial charge in [-0.3, -0.25) is 0 Å². The largest absolute Gasteiger partial charge is 0.506 e. The number of carbonyl (C=O) groups is 1. The molecule has 82 valence electrons. The number of nitrogens with zero attached hydrogens (tertiary/aromatic N) is 2. The standard InChI is InChI=1S/C10H8N2O4/c1-16-10(15)6-7(13)5-3-2-4-11-8(5)12-9(6)14/h2-4H,1H3,(H2,11,12,13,14). The van der Waals surface area contributed by atoms with Crippen molar-refractivity contribution >= 4 is 17.0 Å². The molecule has 2 heterocycles. The summed E-state index contributed by atoms with van der Waals surface area (Å²) in [6.45, 7) is 0. The summed E-state index contributed by atoms with van der Waals surface area (Å²) >= 11 is 0. The molecule has 0 atom stereocenters. The molecular weight excluding hydrogens is 212 g/mol. The van der Waals surface area contributed by atoms with Crippen LogP contribution in [0.15, 0.2) is 18.3 Å². The maximum absolute atomic E-state index is 11.3. The molecule has 0 aliphatic carbocycles. The zero-order valence-electron chi connectivity index (χ0n) is 8.34. The van der Waals surface area contributed by atoms with Crippen LogP contribution in [0.3, 0.4) is 0 Å². The van der Waals surface area contributed by atoms with E-state index in [2.05, 4.69) is 14.7 Å². The van der Waals surface area contributed by atoms with E-state index in [1.54, 1.807) is 6.07 Å². The fraction of sp³-hybridized carbons (Fsp3) is 0.100. The second-order valence-electron chi connectivity index (χ2n) is 3.03. The Hall–Kier alpha value is -2.37. The summed E-state index contributed by atoms with van der Waals surface area (Å²) in [5, 5.41) is 19.5. The van der Waals surface area contributed by atoms with E-state index in [0.717, 1.165) is 7.11 Å². The highest BCUT2D eigenvalue weighted by Crippen LogP contribution is 2.32. The molecule has 2 rings (SSSR count). The summed E-state index contributed by atoms with van der Waals surface area (Å²) < 4.78 is 4.43. The van der Waals surface area contributed by atoms with Crippen LogP contribution in [0.4, 0.5) is 0 Å². The number of methoxy groups -OCH3 is 1. The zero-order chi connectivity index (χ0) is 11.7. The molecule has 6 heteroatoms. The minimum atomic E-state index is -0.853. The van der Waals surface area contributed by atoms with Crippen LogP contribution in [0.5, 0.6) is 11.6 Å². The van der Waals surface area contributed by atoms with Crippen LogP contribution in [0, 0.1) is 0 Å². The molecule has 0 aromatic carbocycles. The predicted molar refractivity (Wildman–Crippen MR) is 54.2 cm³/mol. The molecule has 2 N–H and O–H groups in total. The van der Waals surface area contributed by atoms with Crippen LogP contribution in [-0.4, -0.2) is 33.3 Å². The lowest BCUT2D eigenvalue weighted by atomic mass is 10.2. The number of aromatic hydroxyl groups is 2. The van der Waals surface area contributed by atoms with Crippen molar-refractivity contribution in [3.8, 4) is 11.6 Å². The van der Waals surface area contributed by atoms with E-state index >= 15 is 0 Å². The van der Waals surface area contributed by atoms with Gasteiger partial charge in [-0.15, -0.1) is 0 Å². The van der Waals surface area contributed by atoms with Crippen molar-refractivity contribution in [3.63, 3.8) is 0 Å². The highest BCUT2D eigenvalue weighted by molar-refractivity contribution is 6.00. The number of pyridine rings is 2. The summed E-state index contributed by atoms with van der Waals surface area (Å²) in [6, 6.07) is 3.12. The molecule has 0 radical (unpaired) electrons. The third kappa shape index (κ3) is 1.40. The molecule has 0 spiro atoms. The van der Waals surface area contributed by atoms with E-state index in [4.69, 9.17) is 0 Å². The van der Waals surface area contributed by atoms with Crippen LogP contribution in [0.25, 0.3) is 11.0 Å². The Balaban J connectivity index is 2.80. The van der Waals surface area contributed by atoms with Crippen molar-refractivity contribution in [1.29, 1.82) is 0 Å². The van der Waals surface area contributed by atoms with Crippen molar-refractivity contribution in [2.24, 2.45) is 0 Å². The van der Waals surface area contributed by atoms with Crippen molar-refractivity contribution in [2.45, 2.75) is 0 Å². The van der Waals surface area contributed by atoms with Gasteiger partial charge in [0.2, 0.25) is 5.88 Å². The van der Waals surface area contributed by atoms with Gasteiger partial charge in [-0.25, -0.2) is 9.78 Å². The van der Waals surface area contributed by atoms with Crippen LogP contribution < -0.4 is 0 Å². The quantitative estimate of drug-likeness (QED) is 0.691. The number of carbonyl (C=O) groups excluding carboxylic acids is 1. The van der Waals surface area contributed by atoms with Crippen molar-refractivity contribution in [2.75, 3.05) is 7.11 Å². The number of hydrogen-bond donors (Lipinski definition) is 2. The third-order valence-electron chi connectivity index (χ3n) is 2.10. The number of aromatic nitrogens is 2. The first-order valence-electron chi connectivity index (χ1n) is 4.40. The van der Waals surface area contributed by atoms with Crippen LogP contribution in [0.1, 0.15) is 10.4 Å². The number of hydrogen-bond acceptors (Lipinski definition) is 6. The first kappa shape index (κ1) is 10.2. The van der Waals surface area contributed by atoms with E-state index < -0.39 is 11.8 Å². The van der Waals surface area contributed by atoms with E-state index in [1.165, 1.54) is 12.3 Å². The minimum Gasteiger partial charge on any atom is -0.506 e. The van der Waals surface area contributed by atoms with Gasteiger partial charge in [-0.2, -0.15) is 4.98 Å². The molecule has 6 nitrogen and oxygen atoms in total. The predicted octanol–water partition coefficient (Wildman–Crippen LogP) is 0.828. The molecule has 2 aromatic heterocycles. The van der Waals surface area contributed by atoms with Gasteiger partial charge in [-0.05, 0) is 12.1 Å². The number of rotatable bonds is 1. The van der Waals surface area contributed by atoms with E-state index in [1.807, 2.05) is 0 Å². The molecule has 16 heavy (non-hydrogen) atoms. The topological polar surface area (TPSA) is 92.5 Å². The molecule has 2 aromatic rings.